The highest BCUT2D eigenvalue weighted by atomic mass is 16.5. The van der Waals surface area contributed by atoms with Crippen LogP contribution in [-0.2, 0) is 4.74 Å². The van der Waals surface area contributed by atoms with Crippen LogP contribution < -0.4 is 11.1 Å². The average molecular weight is 172 g/mol. The molecule has 3 heteroatoms. The Balaban J connectivity index is 2.09. The predicted molar refractivity (Wildman–Crippen MR) is 50.1 cm³/mol. The zero-order valence-corrected chi connectivity index (χ0v) is 7.88. The molecule has 1 rings (SSSR count). The van der Waals surface area contributed by atoms with E-state index >= 15 is 0 Å². The molecule has 0 aromatic heterocycles. The van der Waals surface area contributed by atoms with Gasteiger partial charge in [-0.3, -0.25) is 0 Å². The zero-order valence-electron chi connectivity index (χ0n) is 7.88. The first-order valence-electron chi connectivity index (χ1n) is 4.83. The lowest BCUT2D eigenvalue weighted by Crippen LogP contribution is -2.37. The van der Waals surface area contributed by atoms with Gasteiger partial charge in [-0.15, -0.1) is 0 Å². The van der Waals surface area contributed by atoms with Gasteiger partial charge in [0.25, 0.3) is 0 Å². The normalized spacial score (nSPS) is 30.5. The van der Waals surface area contributed by atoms with Gasteiger partial charge in [-0.2, -0.15) is 0 Å². The van der Waals surface area contributed by atoms with Crippen LogP contribution in [0.1, 0.15) is 25.7 Å². The molecular weight excluding hydrogens is 152 g/mol. The minimum absolute atomic E-state index is 0.501. The third kappa shape index (κ3) is 3.09. The topological polar surface area (TPSA) is 47.3 Å². The van der Waals surface area contributed by atoms with Crippen LogP contribution in [0.25, 0.3) is 0 Å². The highest BCUT2D eigenvalue weighted by Gasteiger charge is 2.19. The quantitative estimate of drug-likeness (QED) is 0.649. The van der Waals surface area contributed by atoms with Crippen molar-refractivity contribution in [1.82, 2.24) is 5.32 Å². The molecule has 0 unspecified atom stereocenters. The van der Waals surface area contributed by atoms with E-state index in [1.165, 1.54) is 25.7 Å². The van der Waals surface area contributed by atoms with Gasteiger partial charge in [0.2, 0.25) is 0 Å². The fourth-order valence-corrected chi connectivity index (χ4v) is 1.79. The fourth-order valence-electron chi connectivity index (χ4n) is 1.79. The van der Waals surface area contributed by atoms with Crippen LogP contribution >= 0.6 is 0 Å². The van der Waals surface area contributed by atoms with Gasteiger partial charge in [0.15, 0.2) is 0 Å². The first kappa shape index (κ1) is 9.96. The second-order valence-electron chi connectivity index (χ2n) is 3.45. The number of hydrogen-bond acceptors (Lipinski definition) is 3. The van der Waals surface area contributed by atoms with Gasteiger partial charge < -0.3 is 15.8 Å². The third-order valence-electron chi connectivity index (χ3n) is 2.58. The number of methoxy groups -OCH3 is 1. The van der Waals surface area contributed by atoms with Gasteiger partial charge in [0.05, 0.1) is 6.10 Å². The van der Waals surface area contributed by atoms with E-state index in [-0.39, 0.29) is 0 Å². The molecule has 0 aliphatic heterocycles. The molecule has 0 aromatic rings. The summed E-state index contributed by atoms with van der Waals surface area (Å²) < 4.78 is 5.29. The standard InChI is InChI=1S/C9H20N2O/c1-12-9-4-2-8(3-5-9)11-7-6-10/h8-9,11H,2-7,10H2,1H3/t8-,9+. The van der Waals surface area contributed by atoms with Crippen molar-refractivity contribution < 1.29 is 4.74 Å². The van der Waals surface area contributed by atoms with Gasteiger partial charge in [-0.25, -0.2) is 0 Å². The molecule has 1 fully saturated rings. The molecule has 0 heterocycles. The summed E-state index contributed by atoms with van der Waals surface area (Å²) in [5.74, 6) is 0. The minimum atomic E-state index is 0.501. The summed E-state index contributed by atoms with van der Waals surface area (Å²) >= 11 is 0. The molecular formula is C9H20N2O. The summed E-state index contributed by atoms with van der Waals surface area (Å²) in [5, 5.41) is 3.44. The molecule has 3 nitrogen and oxygen atoms in total. The Labute approximate surface area is 74.7 Å². The minimum Gasteiger partial charge on any atom is -0.381 e. The summed E-state index contributed by atoms with van der Waals surface area (Å²) in [4.78, 5) is 0. The molecule has 1 aliphatic carbocycles. The van der Waals surface area contributed by atoms with Gasteiger partial charge in [0, 0.05) is 26.2 Å². The predicted octanol–water partition coefficient (Wildman–Crippen LogP) is 0.492. The molecule has 0 spiro atoms. The lowest BCUT2D eigenvalue weighted by atomic mass is 9.93. The van der Waals surface area contributed by atoms with Crippen molar-refractivity contribution in [2.24, 2.45) is 5.73 Å². The Morgan fingerprint density at radius 2 is 2.00 bits per heavy atom. The summed E-state index contributed by atoms with van der Waals surface area (Å²) in [6, 6.07) is 0.681. The van der Waals surface area contributed by atoms with E-state index in [1.807, 2.05) is 0 Å². The Morgan fingerprint density at radius 3 is 2.50 bits per heavy atom. The van der Waals surface area contributed by atoms with Crippen molar-refractivity contribution in [2.75, 3.05) is 20.2 Å². The highest BCUT2D eigenvalue weighted by molar-refractivity contribution is 4.77. The smallest absolute Gasteiger partial charge is 0.0572 e. The van der Waals surface area contributed by atoms with E-state index in [4.69, 9.17) is 10.5 Å². The zero-order chi connectivity index (χ0) is 8.81. The Hall–Kier alpha value is -0.120. The van der Waals surface area contributed by atoms with Crippen LogP contribution in [0.4, 0.5) is 0 Å². The lowest BCUT2D eigenvalue weighted by Gasteiger charge is -2.28. The summed E-state index contributed by atoms with van der Waals surface area (Å²) in [5.41, 5.74) is 5.41. The Bertz CT molecular complexity index is 111. The monoisotopic (exact) mass is 172 g/mol. The van der Waals surface area contributed by atoms with Crippen molar-refractivity contribution in [3.8, 4) is 0 Å². The second-order valence-corrected chi connectivity index (χ2v) is 3.45. The summed E-state index contributed by atoms with van der Waals surface area (Å²) in [6.45, 7) is 1.69. The molecule has 1 saturated carbocycles. The molecule has 0 atom stereocenters. The van der Waals surface area contributed by atoms with Gasteiger partial charge >= 0.3 is 0 Å². The lowest BCUT2D eigenvalue weighted by molar-refractivity contribution is 0.0627. The summed E-state index contributed by atoms with van der Waals surface area (Å²) in [6.07, 6.45) is 5.36. The number of rotatable bonds is 4. The molecule has 0 amide bonds. The maximum atomic E-state index is 5.41. The summed E-state index contributed by atoms with van der Waals surface area (Å²) in [7, 11) is 1.80. The Morgan fingerprint density at radius 1 is 1.33 bits per heavy atom. The van der Waals surface area contributed by atoms with Crippen molar-refractivity contribution in [1.29, 1.82) is 0 Å². The van der Waals surface area contributed by atoms with Crippen LogP contribution in [-0.4, -0.2) is 32.3 Å². The highest BCUT2D eigenvalue weighted by Crippen LogP contribution is 2.20. The van der Waals surface area contributed by atoms with E-state index in [9.17, 15) is 0 Å². The third-order valence-corrected chi connectivity index (χ3v) is 2.58. The first-order chi connectivity index (χ1) is 5.86. The van der Waals surface area contributed by atoms with Crippen molar-refractivity contribution >= 4 is 0 Å². The molecule has 1 aliphatic rings. The second kappa shape index (κ2) is 5.51. The molecule has 0 saturated heterocycles. The maximum absolute atomic E-state index is 5.41. The van der Waals surface area contributed by atoms with Crippen molar-refractivity contribution in [3.05, 3.63) is 0 Å². The van der Waals surface area contributed by atoms with Crippen LogP contribution in [0.5, 0.6) is 0 Å². The number of nitrogens with one attached hydrogen (secondary N) is 1. The molecule has 0 radical (unpaired) electrons. The Kier molecular flexibility index (Phi) is 4.58. The average Bonchev–Trinajstić information content (AvgIpc) is 2.15. The van der Waals surface area contributed by atoms with E-state index < -0.39 is 0 Å². The van der Waals surface area contributed by atoms with Crippen LogP contribution in [0.15, 0.2) is 0 Å². The van der Waals surface area contributed by atoms with Gasteiger partial charge in [-0.1, -0.05) is 0 Å². The largest absolute Gasteiger partial charge is 0.381 e. The van der Waals surface area contributed by atoms with Crippen LogP contribution in [0, 0.1) is 0 Å². The van der Waals surface area contributed by atoms with E-state index in [0.717, 1.165) is 13.1 Å². The molecule has 0 bridgehead atoms. The fraction of sp³-hybridized carbons (Fsp3) is 1.00. The molecule has 72 valence electrons. The molecule has 12 heavy (non-hydrogen) atoms. The number of nitrogens with two attached hydrogens (primary N) is 1. The van der Waals surface area contributed by atoms with Gasteiger partial charge in [0.1, 0.15) is 0 Å². The van der Waals surface area contributed by atoms with E-state index in [1.54, 1.807) is 7.11 Å². The van der Waals surface area contributed by atoms with E-state index in [2.05, 4.69) is 5.32 Å². The number of ether oxygens (including phenoxy) is 1. The first-order valence-corrected chi connectivity index (χ1v) is 4.83. The van der Waals surface area contributed by atoms with Crippen LogP contribution in [0.3, 0.4) is 0 Å². The van der Waals surface area contributed by atoms with Crippen LogP contribution in [0.2, 0.25) is 0 Å². The number of hydrogen-bond donors (Lipinski definition) is 2. The van der Waals surface area contributed by atoms with E-state index in [0.29, 0.717) is 12.1 Å². The van der Waals surface area contributed by atoms with Gasteiger partial charge in [-0.05, 0) is 25.7 Å². The molecule has 0 aromatic carbocycles. The van der Waals surface area contributed by atoms with Crippen molar-refractivity contribution in [2.45, 2.75) is 37.8 Å². The SMILES string of the molecule is CO[C@H]1CC[C@@H](NCCN)CC1. The van der Waals surface area contributed by atoms with Crippen molar-refractivity contribution in [3.63, 3.8) is 0 Å². The molecule has 3 N–H and O–H groups in total. The maximum Gasteiger partial charge on any atom is 0.0572 e.